The molecule has 0 spiro atoms. The van der Waals surface area contributed by atoms with E-state index in [1.165, 1.54) is 11.1 Å². The first-order valence-electron chi connectivity index (χ1n) is 8.36. The first-order chi connectivity index (χ1) is 10.4. The SMILES string of the molecule is CCN(CC)P1(=S)Oc2cc(C(C)(C)C)cc(C(C)(C)C)c2O1. The first kappa shape index (κ1) is 18.8. The highest BCUT2D eigenvalue weighted by molar-refractivity contribution is 8.09. The lowest BCUT2D eigenvalue weighted by atomic mass is 9.80. The number of nitrogens with zero attached hydrogens (tertiary/aromatic N) is 1. The van der Waals surface area contributed by atoms with Gasteiger partial charge in [0.25, 0.3) is 0 Å². The molecule has 130 valence electrons. The third-order valence-electron chi connectivity index (χ3n) is 4.23. The van der Waals surface area contributed by atoms with Crippen LogP contribution in [-0.4, -0.2) is 17.8 Å². The van der Waals surface area contributed by atoms with E-state index in [9.17, 15) is 0 Å². The summed E-state index contributed by atoms with van der Waals surface area (Å²) in [4.78, 5) is 0. The van der Waals surface area contributed by atoms with E-state index in [-0.39, 0.29) is 10.8 Å². The summed E-state index contributed by atoms with van der Waals surface area (Å²) < 4.78 is 14.7. The maximum absolute atomic E-state index is 6.29. The summed E-state index contributed by atoms with van der Waals surface area (Å²) in [5, 5.41) is 0. The largest absolute Gasteiger partial charge is 0.420 e. The highest BCUT2D eigenvalue weighted by Crippen LogP contribution is 2.63. The van der Waals surface area contributed by atoms with Crippen molar-refractivity contribution >= 4 is 18.4 Å². The Morgan fingerprint density at radius 3 is 1.96 bits per heavy atom. The number of benzene rings is 1. The predicted octanol–water partition coefficient (Wildman–Crippen LogP) is 5.62. The Kier molecular flexibility index (Phi) is 4.94. The maximum atomic E-state index is 6.29. The molecule has 0 aromatic heterocycles. The third kappa shape index (κ3) is 3.60. The van der Waals surface area contributed by atoms with Gasteiger partial charge in [-0.2, -0.15) is 0 Å². The predicted molar refractivity (Wildman–Crippen MR) is 102 cm³/mol. The van der Waals surface area contributed by atoms with Crippen LogP contribution in [0, 0.1) is 0 Å². The molecule has 0 saturated heterocycles. The summed E-state index contributed by atoms with van der Waals surface area (Å²) >= 11 is 5.80. The van der Waals surface area contributed by atoms with Crippen LogP contribution in [0.1, 0.15) is 66.5 Å². The second-order valence-electron chi connectivity index (χ2n) is 8.14. The van der Waals surface area contributed by atoms with Crippen LogP contribution in [0.25, 0.3) is 0 Å². The molecular weight excluding hydrogens is 325 g/mol. The molecule has 0 saturated carbocycles. The van der Waals surface area contributed by atoms with Gasteiger partial charge < -0.3 is 9.05 Å². The van der Waals surface area contributed by atoms with E-state index < -0.39 is 6.64 Å². The average molecular weight is 355 g/mol. The molecular formula is C18H30NO2PS. The van der Waals surface area contributed by atoms with Crippen molar-refractivity contribution in [3.8, 4) is 11.5 Å². The smallest absolute Gasteiger partial charge is 0.368 e. The Hall–Kier alpha value is -0.570. The summed E-state index contributed by atoms with van der Waals surface area (Å²) in [7, 11) is 0. The van der Waals surface area contributed by atoms with Crippen LogP contribution in [0.4, 0.5) is 0 Å². The highest BCUT2D eigenvalue weighted by atomic mass is 32.5. The first-order valence-corrected chi connectivity index (χ1v) is 10.9. The van der Waals surface area contributed by atoms with Gasteiger partial charge in [0.15, 0.2) is 11.5 Å². The summed E-state index contributed by atoms with van der Waals surface area (Å²) in [6.45, 7) is 16.7. The average Bonchev–Trinajstić information content (AvgIpc) is 2.73. The number of hydrogen-bond donors (Lipinski definition) is 0. The third-order valence-corrected chi connectivity index (χ3v) is 7.46. The minimum atomic E-state index is -2.46. The minimum Gasteiger partial charge on any atom is -0.420 e. The molecule has 1 unspecified atom stereocenters. The van der Waals surface area contributed by atoms with Crippen LogP contribution in [-0.2, 0) is 22.6 Å². The van der Waals surface area contributed by atoms with Gasteiger partial charge in [-0.3, -0.25) is 0 Å². The van der Waals surface area contributed by atoms with Crippen molar-refractivity contribution < 1.29 is 9.05 Å². The second-order valence-corrected chi connectivity index (χ2v) is 11.4. The van der Waals surface area contributed by atoms with E-state index in [0.717, 1.165) is 24.6 Å². The van der Waals surface area contributed by atoms with Crippen LogP contribution < -0.4 is 9.05 Å². The van der Waals surface area contributed by atoms with Crippen molar-refractivity contribution in [3.63, 3.8) is 0 Å². The molecule has 1 aliphatic rings. The van der Waals surface area contributed by atoms with Crippen LogP contribution in [0.5, 0.6) is 11.5 Å². The van der Waals surface area contributed by atoms with Gasteiger partial charge in [-0.1, -0.05) is 61.5 Å². The van der Waals surface area contributed by atoms with E-state index in [2.05, 4.69) is 72.2 Å². The summed E-state index contributed by atoms with van der Waals surface area (Å²) in [6, 6.07) is 4.37. The lowest BCUT2D eigenvalue weighted by Crippen LogP contribution is -2.23. The fraction of sp³-hybridized carbons (Fsp3) is 0.667. The van der Waals surface area contributed by atoms with Crippen molar-refractivity contribution in [3.05, 3.63) is 23.3 Å². The van der Waals surface area contributed by atoms with Gasteiger partial charge in [0.1, 0.15) is 0 Å². The number of rotatable bonds is 3. The number of hydrogen-bond acceptors (Lipinski definition) is 3. The molecule has 0 N–H and O–H groups in total. The van der Waals surface area contributed by atoms with Crippen molar-refractivity contribution in [1.82, 2.24) is 4.67 Å². The quantitative estimate of drug-likeness (QED) is 0.656. The van der Waals surface area contributed by atoms with Crippen LogP contribution >= 0.6 is 6.64 Å². The van der Waals surface area contributed by atoms with Crippen LogP contribution in [0.15, 0.2) is 12.1 Å². The van der Waals surface area contributed by atoms with E-state index in [0.29, 0.717) is 0 Å². The lowest BCUT2D eigenvalue weighted by molar-refractivity contribution is 0.400. The van der Waals surface area contributed by atoms with Crippen molar-refractivity contribution in [1.29, 1.82) is 0 Å². The molecule has 0 fully saturated rings. The van der Waals surface area contributed by atoms with Gasteiger partial charge in [-0.05, 0) is 22.5 Å². The van der Waals surface area contributed by atoms with Crippen LogP contribution in [0.2, 0.25) is 0 Å². The molecule has 0 bridgehead atoms. The Bertz CT molecular complexity index is 640. The minimum absolute atomic E-state index is 0.0253. The zero-order valence-corrected chi connectivity index (χ0v) is 17.4. The molecule has 0 aliphatic carbocycles. The van der Waals surface area contributed by atoms with Crippen molar-refractivity contribution in [2.45, 2.75) is 66.2 Å². The number of fused-ring (bicyclic) bond motifs is 1. The zero-order valence-electron chi connectivity index (χ0n) is 15.7. The highest BCUT2D eigenvalue weighted by Gasteiger charge is 2.40. The molecule has 1 aromatic carbocycles. The van der Waals surface area contributed by atoms with Gasteiger partial charge in [-0.25, -0.2) is 4.67 Å². The van der Waals surface area contributed by atoms with E-state index in [4.69, 9.17) is 20.9 Å². The molecule has 1 heterocycles. The van der Waals surface area contributed by atoms with E-state index >= 15 is 0 Å². The zero-order chi connectivity index (χ0) is 17.6. The summed E-state index contributed by atoms with van der Waals surface area (Å²) in [6.07, 6.45) is 0. The van der Waals surface area contributed by atoms with Crippen LogP contribution in [0.3, 0.4) is 0 Å². The van der Waals surface area contributed by atoms with Gasteiger partial charge in [0.05, 0.1) is 0 Å². The topological polar surface area (TPSA) is 21.7 Å². The fourth-order valence-electron chi connectivity index (χ4n) is 2.70. The van der Waals surface area contributed by atoms with Gasteiger partial charge >= 0.3 is 6.64 Å². The van der Waals surface area contributed by atoms with Gasteiger partial charge in [-0.15, -0.1) is 0 Å². The molecule has 1 aromatic rings. The second kappa shape index (κ2) is 6.06. The summed E-state index contributed by atoms with van der Waals surface area (Å²) in [5.74, 6) is 1.67. The van der Waals surface area contributed by atoms with Crippen molar-refractivity contribution in [2.24, 2.45) is 0 Å². The standard InChI is InChI=1S/C18H30NO2PS/c1-9-19(10-2)22(23)20-15-12-13(17(3,4)5)11-14(16(15)21-22)18(6,7)8/h11-12H,9-10H2,1-8H3. The Morgan fingerprint density at radius 2 is 1.52 bits per heavy atom. The Labute approximate surface area is 146 Å². The lowest BCUT2D eigenvalue weighted by Gasteiger charge is -2.27. The van der Waals surface area contributed by atoms with E-state index in [1.807, 2.05) is 0 Å². The fourth-order valence-corrected chi connectivity index (χ4v) is 5.62. The Balaban J connectivity index is 2.60. The monoisotopic (exact) mass is 355 g/mol. The molecule has 5 heteroatoms. The van der Waals surface area contributed by atoms with Gasteiger partial charge in [0.2, 0.25) is 0 Å². The molecule has 3 nitrogen and oxygen atoms in total. The molecule has 23 heavy (non-hydrogen) atoms. The normalized spacial score (nSPS) is 21.1. The van der Waals surface area contributed by atoms with Crippen molar-refractivity contribution in [2.75, 3.05) is 13.1 Å². The van der Waals surface area contributed by atoms with E-state index in [1.54, 1.807) is 0 Å². The Morgan fingerprint density at radius 1 is 0.957 bits per heavy atom. The molecule has 0 radical (unpaired) electrons. The molecule has 1 aliphatic heterocycles. The molecule has 1 atom stereocenters. The van der Waals surface area contributed by atoms with Gasteiger partial charge in [0, 0.05) is 30.5 Å². The maximum Gasteiger partial charge on any atom is 0.368 e. The summed E-state index contributed by atoms with van der Waals surface area (Å²) in [5.41, 5.74) is 2.47. The molecule has 0 amide bonds. The molecule has 2 rings (SSSR count).